The van der Waals surface area contributed by atoms with E-state index in [1.807, 2.05) is 12.1 Å². The highest BCUT2D eigenvalue weighted by atomic mass is 32.2. The highest BCUT2D eigenvalue weighted by molar-refractivity contribution is 7.99. The molecule has 7 heteroatoms. The maximum absolute atomic E-state index is 13.0. The molecule has 0 saturated heterocycles. The number of fused-ring (bicyclic) bond motifs is 1. The smallest absolute Gasteiger partial charge is 0.316 e. The number of nitriles is 1. The summed E-state index contributed by atoms with van der Waals surface area (Å²) in [4.78, 5) is 29.8. The van der Waals surface area contributed by atoms with Crippen LogP contribution in [0.3, 0.4) is 0 Å². The zero-order valence-electron chi connectivity index (χ0n) is 17.0. The van der Waals surface area contributed by atoms with Gasteiger partial charge in [-0.05, 0) is 30.5 Å². The molecule has 0 unspecified atom stereocenters. The van der Waals surface area contributed by atoms with Crippen LogP contribution < -0.4 is 5.56 Å². The molecule has 1 heterocycles. The summed E-state index contributed by atoms with van der Waals surface area (Å²) in [5.41, 5.74) is 1.66. The van der Waals surface area contributed by atoms with E-state index >= 15 is 0 Å². The van der Waals surface area contributed by atoms with Gasteiger partial charge in [0.05, 0.1) is 28.3 Å². The topological polar surface area (TPSA) is 85.0 Å². The first-order valence-electron chi connectivity index (χ1n) is 9.75. The minimum absolute atomic E-state index is 0.0289. The largest absolute Gasteiger partial charge is 0.460 e. The van der Waals surface area contributed by atoms with Crippen molar-refractivity contribution in [2.45, 2.75) is 38.6 Å². The molecular formula is C23H23N3O3S. The van der Waals surface area contributed by atoms with Crippen LogP contribution in [0.5, 0.6) is 0 Å². The zero-order valence-corrected chi connectivity index (χ0v) is 17.8. The fraction of sp³-hybridized carbons (Fsp3) is 0.304. The molecule has 154 valence electrons. The Bertz CT molecular complexity index is 1150. The molecule has 1 aromatic heterocycles. The van der Waals surface area contributed by atoms with E-state index in [0.29, 0.717) is 39.6 Å². The lowest BCUT2D eigenvalue weighted by molar-refractivity contribution is -0.141. The summed E-state index contributed by atoms with van der Waals surface area (Å²) < 4.78 is 6.97. The molecule has 0 aliphatic rings. The van der Waals surface area contributed by atoms with Gasteiger partial charge in [-0.3, -0.25) is 14.2 Å². The molecule has 0 spiro atoms. The zero-order chi connectivity index (χ0) is 21.5. The molecule has 3 aromatic rings. The molecular weight excluding hydrogens is 398 g/mol. The number of ether oxygens (including phenoxy) is 1. The second-order valence-electron chi connectivity index (χ2n) is 7.27. The third kappa shape index (κ3) is 5.28. The fourth-order valence-electron chi connectivity index (χ4n) is 2.92. The van der Waals surface area contributed by atoms with Crippen LogP contribution >= 0.6 is 11.8 Å². The van der Waals surface area contributed by atoms with Crippen LogP contribution in [0.15, 0.2) is 58.5 Å². The minimum Gasteiger partial charge on any atom is -0.460 e. The molecule has 0 atom stereocenters. The molecule has 0 aliphatic heterocycles. The first-order chi connectivity index (χ1) is 14.5. The summed E-state index contributed by atoms with van der Waals surface area (Å²) in [6, 6.07) is 16.3. The number of hydrogen-bond acceptors (Lipinski definition) is 6. The second kappa shape index (κ2) is 10.1. The maximum Gasteiger partial charge on any atom is 0.316 e. The predicted octanol–water partition coefficient (Wildman–Crippen LogP) is 4.15. The van der Waals surface area contributed by atoms with E-state index in [1.54, 1.807) is 41.0 Å². The third-order valence-corrected chi connectivity index (χ3v) is 5.55. The summed E-state index contributed by atoms with van der Waals surface area (Å²) in [5.74, 6) is 0.0400. The van der Waals surface area contributed by atoms with Crippen molar-refractivity contribution in [1.29, 1.82) is 5.26 Å². The van der Waals surface area contributed by atoms with Gasteiger partial charge in [0.15, 0.2) is 5.16 Å². The Labute approximate surface area is 179 Å². The molecule has 0 amide bonds. The summed E-state index contributed by atoms with van der Waals surface area (Å²) in [6.45, 7) is 4.78. The van der Waals surface area contributed by atoms with Crippen LogP contribution in [0.1, 0.15) is 31.4 Å². The minimum atomic E-state index is -0.425. The lowest BCUT2D eigenvalue weighted by Crippen LogP contribution is -2.24. The van der Waals surface area contributed by atoms with Gasteiger partial charge in [-0.25, -0.2) is 4.98 Å². The van der Waals surface area contributed by atoms with Gasteiger partial charge >= 0.3 is 5.97 Å². The molecule has 0 radical (unpaired) electrons. The van der Waals surface area contributed by atoms with E-state index in [0.717, 1.165) is 6.42 Å². The van der Waals surface area contributed by atoms with E-state index in [9.17, 15) is 9.59 Å². The maximum atomic E-state index is 13.0. The molecule has 0 aliphatic carbocycles. The van der Waals surface area contributed by atoms with E-state index in [2.05, 4.69) is 24.9 Å². The Balaban J connectivity index is 1.74. The lowest BCUT2D eigenvalue weighted by atomic mass is 10.1. The molecule has 0 N–H and O–H groups in total. The predicted molar refractivity (Wildman–Crippen MR) is 117 cm³/mol. The van der Waals surface area contributed by atoms with E-state index in [-0.39, 0.29) is 17.9 Å². The standard InChI is InChI=1S/C23H23N3O3S/c1-16(2)11-12-26-22(28)19-9-5-6-10-20(19)25-23(26)30-15-21(27)29-14-18-8-4-3-7-17(18)13-24/h3-10,16H,11-12,14-15H2,1-2H3. The summed E-state index contributed by atoms with van der Waals surface area (Å²) in [6.07, 6.45) is 0.836. The second-order valence-corrected chi connectivity index (χ2v) is 8.21. The highest BCUT2D eigenvalue weighted by Crippen LogP contribution is 2.19. The van der Waals surface area contributed by atoms with Gasteiger partial charge in [-0.2, -0.15) is 5.26 Å². The van der Waals surface area contributed by atoms with Crippen molar-refractivity contribution >= 4 is 28.6 Å². The van der Waals surface area contributed by atoms with Crippen LogP contribution in [0.25, 0.3) is 10.9 Å². The van der Waals surface area contributed by atoms with Gasteiger partial charge in [-0.15, -0.1) is 0 Å². The molecule has 2 aromatic carbocycles. The van der Waals surface area contributed by atoms with Crippen molar-refractivity contribution < 1.29 is 9.53 Å². The van der Waals surface area contributed by atoms with Crippen LogP contribution in [0.2, 0.25) is 0 Å². The first kappa shape index (κ1) is 21.6. The van der Waals surface area contributed by atoms with Gasteiger partial charge in [0.25, 0.3) is 5.56 Å². The van der Waals surface area contributed by atoms with Gasteiger partial charge in [0.2, 0.25) is 0 Å². The highest BCUT2D eigenvalue weighted by Gasteiger charge is 2.14. The Hall–Kier alpha value is -3.11. The summed E-state index contributed by atoms with van der Waals surface area (Å²) >= 11 is 1.19. The van der Waals surface area contributed by atoms with E-state index < -0.39 is 5.97 Å². The third-order valence-electron chi connectivity index (χ3n) is 4.60. The molecule has 6 nitrogen and oxygen atoms in total. The molecule has 0 bridgehead atoms. The molecule has 30 heavy (non-hydrogen) atoms. The van der Waals surface area contributed by atoms with Crippen molar-refractivity contribution in [3.63, 3.8) is 0 Å². The van der Waals surface area contributed by atoms with Crippen molar-refractivity contribution in [2.75, 3.05) is 5.75 Å². The van der Waals surface area contributed by atoms with Crippen LogP contribution in [-0.4, -0.2) is 21.3 Å². The van der Waals surface area contributed by atoms with Crippen molar-refractivity contribution in [3.8, 4) is 6.07 Å². The van der Waals surface area contributed by atoms with Gasteiger partial charge in [0, 0.05) is 12.1 Å². The summed E-state index contributed by atoms with van der Waals surface area (Å²) in [5, 5.41) is 10.2. The number of para-hydroxylation sites is 1. The number of aromatic nitrogens is 2. The number of carbonyl (C=O) groups excluding carboxylic acids is 1. The number of benzene rings is 2. The average molecular weight is 422 g/mol. The van der Waals surface area contributed by atoms with Gasteiger partial charge < -0.3 is 4.74 Å². The van der Waals surface area contributed by atoms with Gasteiger partial charge in [0.1, 0.15) is 6.61 Å². The number of hydrogen-bond donors (Lipinski definition) is 0. The number of carbonyl (C=O) groups is 1. The molecule has 0 fully saturated rings. The Morgan fingerprint density at radius 2 is 1.93 bits per heavy atom. The normalized spacial score (nSPS) is 10.9. The quantitative estimate of drug-likeness (QED) is 0.309. The average Bonchev–Trinajstić information content (AvgIpc) is 2.75. The lowest BCUT2D eigenvalue weighted by Gasteiger charge is -2.14. The van der Waals surface area contributed by atoms with Gasteiger partial charge in [-0.1, -0.05) is 55.9 Å². The van der Waals surface area contributed by atoms with E-state index in [4.69, 9.17) is 10.00 Å². The first-order valence-corrected chi connectivity index (χ1v) is 10.7. The van der Waals surface area contributed by atoms with Crippen molar-refractivity contribution in [2.24, 2.45) is 5.92 Å². The Morgan fingerprint density at radius 3 is 2.70 bits per heavy atom. The fourth-order valence-corrected chi connectivity index (χ4v) is 3.74. The monoisotopic (exact) mass is 421 g/mol. The number of esters is 1. The van der Waals surface area contributed by atoms with Crippen molar-refractivity contribution in [3.05, 3.63) is 70.0 Å². The molecule has 3 rings (SSSR count). The Morgan fingerprint density at radius 1 is 1.20 bits per heavy atom. The summed E-state index contributed by atoms with van der Waals surface area (Å²) in [7, 11) is 0. The van der Waals surface area contributed by atoms with Crippen molar-refractivity contribution in [1.82, 2.24) is 9.55 Å². The number of rotatable bonds is 8. The SMILES string of the molecule is CC(C)CCn1c(SCC(=O)OCc2ccccc2C#N)nc2ccccc2c1=O. The Kier molecular flexibility index (Phi) is 7.26. The number of thioether (sulfide) groups is 1. The number of nitrogens with zero attached hydrogens (tertiary/aromatic N) is 3. The van der Waals surface area contributed by atoms with Crippen LogP contribution in [0.4, 0.5) is 0 Å². The van der Waals surface area contributed by atoms with Crippen LogP contribution in [-0.2, 0) is 22.7 Å². The molecule has 0 saturated carbocycles. The van der Waals surface area contributed by atoms with E-state index in [1.165, 1.54) is 11.8 Å². The van der Waals surface area contributed by atoms with Crippen LogP contribution in [0, 0.1) is 17.2 Å².